The Kier molecular flexibility index (Phi) is 2.38. The van der Waals surface area contributed by atoms with E-state index in [9.17, 15) is 0 Å². The van der Waals surface area contributed by atoms with Crippen molar-refractivity contribution in [2.24, 2.45) is 0 Å². The third kappa shape index (κ3) is 1.44. The highest BCUT2D eigenvalue weighted by Crippen LogP contribution is 2.46. The molecule has 0 aliphatic carbocycles. The van der Waals surface area contributed by atoms with Crippen LogP contribution in [0, 0.1) is 0 Å². The molecule has 16 heavy (non-hydrogen) atoms. The zero-order valence-corrected chi connectivity index (χ0v) is 9.83. The fraction of sp³-hybridized carbons (Fsp3) is 0.636. The topological polar surface area (TPSA) is 44.2 Å². The second-order valence-corrected chi connectivity index (χ2v) is 4.69. The monoisotopic (exact) mass is 240 g/mol. The molecule has 1 saturated heterocycles. The second kappa shape index (κ2) is 3.65. The predicted molar refractivity (Wildman–Crippen MR) is 58.3 cm³/mol. The van der Waals surface area contributed by atoms with Crippen molar-refractivity contribution < 1.29 is 9.47 Å². The maximum absolute atomic E-state index is 6.03. The summed E-state index contributed by atoms with van der Waals surface area (Å²) in [5.74, 6) is 0. The highest BCUT2D eigenvalue weighted by Gasteiger charge is 2.46. The van der Waals surface area contributed by atoms with Gasteiger partial charge in [-0.1, -0.05) is 0 Å². The molecule has 86 valence electrons. The summed E-state index contributed by atoms with van der Waals surface area (Å²) in [6.45, 7) is 3.38. The summed E-state index contributed by atoms with van der Waals surface area (Å²) in [6.07, 6.45) is 3.72. The van der Waals surface area contributed by atoms with E-state index in [0.29, 0.717) is 6.61 Å². The van der Waals surface area contributed by atoms with Gasteiger partial charge in [-0.05, 0) is 31.4 Å². The molecule has 3 rings (SSSR count). The number of rotatable bonds is 0. The summed E-state index contributed by atoms with van der Waals surface area (Å²) < 4.78 is 11.6. The van der Waals surface area contributed by atoms with Gasteiger partial charge in [0.1, 0.15) is 5.60 Å². The first-order valence-corrected chi connectivity index (χ1v) is 5.87. The van der Waals surface area contributed by atoms with Crippen molar-refractivity contribution in [2.75, 3.05) is 13.2 Å². The van der Waals surface area contributed by atoms with Gasteiger partial charge in [0.2, 0.25) is 5.28 Å². The molecule has 0 saturated carbocycles. The Bertz CT molecular complexity index is 418. The quantitative estimate of drug-likeness (QED) is 0.653. The Morgan fingerprint density at radius 2 is 2.44 bits per heavy atom. The van der Waals surface area contributed by atoms with E-state index in [1.165, 1.54) is 0 Å². The summed E-state index contributed by atoms with van der Waals surface area (Å²) in [7, 11) is 0. The summed E-state index contributed by atoms with van der Waals surface area (Å²) in [6, 6.07) is 0. The lowest BCUT2D eigenvalue weighted by Crippen LogP contribution is -2.36. The minimum absolute atomic E-state index is 0.0222. The van der Waals surface area contributed by atoms with Crippen molar-refractivity contribution in [1.82, 2.24) is 9.97 Å². The van der Waals surface area contributed by atoms with Crippen molar-refractivity contribution >= 4 is 11.6 Å². The predicted octanol–water partition coefficient (Wildman–Crippen LogP) is 2.23. The van der Waals surface area contributed by atoms with Crippen LogP contribution in [0.25, 0.3) is 0 Å². The van der Waals surface area contributed by atoms with Crippen LogP contribution in [-0.4, -0.2) is 23.2 Å². The van der Waals surface area contributed by atoms with E-state index in [2.05, 4.69) is 9.97 Å². The largest absolute Gasteiger partial charge is 0.378 e. The van der Waals surface area contributed by atoms with E-state index in [0.717, 1.165) is 30.7 Å². The van der Waals surface area contributed by atoms with Gasteiger partial charge in [-0.15, -0.1) is 0 Å². The molecular formula is C11H13ClN2O2. The molecule has 1 fully saturated rings. The molecule has 1 aromatic heterocycles. The molecule has 2 atom stereocenters. The SMILES string of the molecule is CC1OC2(CCCOC2)c2nc(Cl)ncc21. The normalized spacial score (nSPS) is 33.0. The Balaban J connectivity index is 2.09. The summed E-state index contributed by atoms with van der Waals surface area (Å²) in [5.41, 5.74) is 1.56. The van der Waals surface area contributed by atoms with E-state index in [1.54, 1.807) is 6.20 Å². The van der Waals surface area contributed by atoms with E-state index in [-0.39, 0.29) is 17.0 Å². The number of nitrogens with zero attached hydrogens (tertiary/aromatic N) is 2. The third-order valence-corrected chi connectivity index (χ3v) is 3.45. The van der Waals surface area contributed by atoms with Crippen molar-refractivity contribution in [3.8, 4) is 0 Å². The van der Waals surface area contributed by atoms with Crippen LogP contribution in [-0.2, 0) is 15.1 Å². The Labute approximate surface area is 98.9 Å². The molecule has 4 nitrogen and oxygen atoms in total. The second-order valence-electron chi connectivity index (χ2n) is 4.35. The molecule has 1 aromatic rings. The molecule has 0 N–H and O–H groups in total. The van der Waals surface area contributed by atoms with Gasteiger partial charge in [0, 0.05) is 18.4 Å². The van der Waals surface area contributed by atoms with Crippen LogP contribution >= 0.6 is 11.6 Å². The Morgan fingerprint density at radius 3 is 3.19 bits per heavy atom. The third-order valence-electron chi connectivity index (χ3n) is 3.26. The first kappa shape index (κ1) is 10.4. The maximum atomic E-state index is 6.03. The van der Waals surface area contributed by atoms with Crippen LogP contribution in [0.5, 0.6) is 0 Å². The first-order valence-electron chi connectivity index (χ1n) is 5.50. The Morgan fingerprint density at radius 1 is 1.56 bits per heavy atom. The smallest absolute Gasteiger partial charge is 0.222 e. The zero-order chi connectivity index (χ0) is 11.2. The molecule has 0 amide bonds. The highest BCUT2D eigenvalue weighted by atomic mass is 35.5. The van der Waals surface area contributed by atoms with Gasteiger partial charge in [0.05, 0.1) is 18.4 Å². The van der Waals surface area contributed by atoms with Crippen molar-refractivity contribution in [2.45, 2.75) is 31.5 Å². The molecule has 5 heteroatoms. The molecular weight excluding hydrogens is 228 g/mol. The molecule has 2 aliphatic heterocycles. The van der Waals surface area contributed by atoms with Crippen molar-refractivity contribution in [3.05, 3.63) is 22.7 Å². The first-order chi connectivity index (χ1) is 7.71. The average molecular weight is 241 g/mol. The number of aromatic nitrogens is 2. The van der Waals surface area contributed by atoms with Crippen LogP contribution in [0.1, 0.15) is 37.1 Å². The number of halogens is 1. The average Bonchev–Trinajstić information content (AvgIpc) is 2.53. The molecule has 1 spiro atoms. The van der Waals surface area contributed by atoms with Gasteiger partial charge in [0.25, 0.3) is 0 Å². The summed E-state index contributed by atoms with van der Waals surface area (Å²) in [4.78, 5) is 8.34. The Hall–Kier alpha value is -0.710. The van der Waals surface area contributed by atoms with Crippen molar-refractivity contribution in [1.29, 1.82) is 0 Å². The number of ether oxygens (including phenoxy) is 2. The van der Waals surface area contributed by atoms with Crippen LogP contribution in [0.15, 0.2) is 6.20 Å². The van der Waals surface area contributed by atoms with E-state index >= 15 is 0 Å². The minimum atomic E-state index is -0.389. The lowest BCUT2D eigenvalue weighted by atomic mass is 9.92. The molecule has 0 aromatic carbocycles. The minimum Gasteiger partial charge on any atom is -0.378 e. The van der Waals surface area contributed by atoms with E-state index in [1.807, 2.05) is 6.92 Å². The number of hydrogen-bond donors (Lipinski definition) is 0. The molecule has 2 unspecified atom stereocenters. The van der Waals surface area contributed by atoms with Gasteiger partial charge in [0.15, 0.2) is 0 Å². The zero-order valence-electron chi connectivity index (χ0n) is 9.07. The molecule has 0 radical (unpaired) electrons. The number of fused-ring (bicyclic) bond motifs is 2. The summed E-state index contributed by atoms with van der Waals surface area (Å²) >= 11 is 5.85. The number of hydrogen-bond acceptors (Lipinski definition) is 4. The fourth-order valence-electron chi connectivity index (χ4n) is 2.54. The molecule has 0 bridgehead atoms. The highest BCUT2D eigenvalue weighted by molar-refractivity contribution is 6.28. The van der Waals surface area contributed by atoms with Gasteiger partial charge in [-0.2, -0.15) is 0 Å². The fourth-order valence-corrected chi connectivity index (χ4v) is 2.67. The van der Waals surface area contributed by atoms with Gasteiger partial charge in [-0.3, -0.25) is 0 Å². The van der Waals surface area contributed by atoms with E-state index < -0.39 is 0 Å². The van der Waals surface area contributed by atoms with Crippen LogP contribution in [0.4, 0.5) is 0 Å². The van der Waals surface area contributed by atoms with Gasteiger partial charge >= 0.3 is 0 Å². The van der Waals surface area contributed by atoms with Crippen LogP contribution in [0.3, 0.4) is 0 Å². The molecule has 2 aliphatic rings. The van der Waals surface area contributed by atoms with Crippen LogP contribution < -0.4 is 0 Å². The standard InChI is InChI=1S/C11H13ClN2O2/c1-7-8-5-13-10(12)14-9(8)11(16-7)3-2-4-15-6-11/h5,7H,2-4,6H2,1H3. The van der Waals surface area contributed by atoms with Gasteiger partial charge in [-0.25, -0.2) is 9.97 Å². The van der Waals surface area contributed by atoms with Gasteiger partial charge < -0.3 is 9.47 Å². The lowest BCUT2D eigenvalue weighted by molar-refractivity contribution is -0.145. The molecule has 3 heterocycles. The van der Waals surface area contributed by atoms with Crippen molar-refractivity contribution in [3.63, 3.8) is 0 Å². The maximum Gasteiger partial charge on any atom is 0.222 e. The lowest BCUT2D eigenvalue weighted by Gasteiger charge is -2.32. The van der Waals surface area contributed by atoms with E-state index in [4.69, 9.17) is 21.1 Å². The van der Waals surface area contributed by atoms with Crippen LogP contribution in [0.2, 0.25) is 5.28 Å². The summed E-state index contributed by atoms with van der Waals surface area (Å²) in [5, 5.41) is 0.279.